The number of anilines is 1. The molecule has 0 fully saturated rings. The van der Waals surface area contributed by atoms with Gasteiger partial charge in [0.2, 0.25) is 0 Å². The molecule has 1 rings (SSSR count). The Morgan fingerprint density at radius 2 is 2.09 bits per heavy atom. The second-order valence-corrected chi connectivity index (χ2v) is 1.69. The van der Waals surface area contributed by atoms with Gasteiger partial charge >= 0.3 is 5.91 Å². The standard InChI is InChI=1S/C5H4N4O2/c6-4-3(5(10)9-11)7-1-2-8-4/h1-2H,(H2,6,8). The van der Waals surface area contributed by atoms with Gasteiger partial charge in [0.25, 0.3) is 0 Å². The van der Waals surface area contributed by atoms with E-state index in [2.05, 4.69) is 15.1 Å². The molecule has 0 aliphatic carbocycles. The van der Waals surface area contributed by atoms with E-state index < -0.39 is 5.91 Å². The lowest BCUT2D eigenvalue weighted by Gasteiger charge is -1.93. The second kappa shape index (κ2) is 2.82. The smallest absolute Gasteiger partial charge is 0.338 e. The van der Waals surface area contributed by atoms with Crippen LogP contribution in [0.1, 0.15) is 10.5 Å². The molecule has 1 aromatic heterocycles. The topological polar surface area (TPSA) is 98.3 Å². The largest absolute Gasteiger partial charge is 0.382 e. The van der Waals surface area contributed by atoms with E-state index in [0.717, 1.165) is 0 Å². The molecule has 0 unspecified atom stereocenters. The predicted molar refractivity (Wildman–Crippen MR) is 36.6 cm³/mol. The lowest BCUT2D eigenvalue weighted by molar-refractivity contribution is 0.0996. The van der Waals surface area contributed by atoms with Crippen molar-refractivity contribution in [3.05, 3.63) is 23.0 Å². The van der Waals surface area contributed by atoms with Crippen molar-refractivity contribution in [3.8, 4) is 0 Å². The van der Waals surface area contributed by atoms with E-state index in [-0.39, 0.29) is 11.5 Å². The zero-order valence-electron chi connectivity index (χ0n) is 5.39. The summed E-state index contributed by atoms with van der Waals surface area (Å²) in [7, 11) is 0. The number of nitrogens with zero attached hydrogens (tertiary/aromatic N) is 3. The zero-order valence-corrected chi connectivity index (χ0v) is 5.39. The first-order valence-electron chi connectivity index (χ1n) is 2.70. The number of hydrogen-bond donors (Lipinski definition) is 1. The highest BCUT2D eigenvalue weighted by atomic mass is 16.3. The lowest BCUT2D eigenvalue weighted by Crippen LogP contribution is -2.04. The first-order chi connectivity index (χ1) is 5.25. The molecule has 0 saturated carbocycles. The van der Waals surface area contributed by atoms with Crippen LogP contribution in [0.5, 0.6) is 0 Å². The molecule has 2 N–H and O–H groups in total. The Kier molecular flexibility index (Phi) is 1.86. The molecule has 0 aliphatic heterocycles. The summed E-state index contributed by atoms with van der Waals surface area (Å²) in [4.78, 5) is 27.4. The van der Waals surface area contributed by atoms with Crippen LogP contribution in [-0.4, -0.2) is 15.9 Å². The van der Waals surface area contributed by atoms with Crippen LogP contribution in [0.15, 0.2) is 17.6 Å². The number of aromatic nitrogens is 2. The minimum absolute atomic E-state index is 0.0860. The summed E-state index contributed by atoms with van der Waals surface area (Å²) in [5, 5.41) is 2.15. The molecule has 0 atom stereocenters. The lowest BCUT2D eigenvalue weighted by atomic mass is 10.4. The predicted octanol–water partition coefficient (Wildman–Crippen LogP) is -0.0346. The highest BCUT2D eigenvalue weighted by Crippen LogP contribution is 2.03. The SMILES string of the molecule is Nc1nccnc1C(=O)N=O. The van der Waals surface area contributed by atoms with Gasteiger partial charge < -0.3 is 5.73 Å². The first-order valence-corrected chi connectivity index (χ1v) is 2.70. The number of rotatable bonds is 1. The molecule has 0 radical (unpaired) electrons. The summed E-state index contributed by atoms with van der Waals surface area (Å²) in [5.74, 6) is -1.09. The van der Waals surface area contributed by atoms with Gasteiger partial charge in [-0.25, -0.2) is 9.97 Å². The van der Waals surface area contributed by atoms with E-state index in [1.165, 1.54) is 12.4 Å². The van der Waals surface area contributed by atoms with E-state index >= 15 is 0 Å². The summed E-state index contributed by atoms with van der Waals surface area (Å²) < 4.78 is 0. The van der Waals surface area contributed by atoms with Gasteiger partial charge in [-0.2, -0.15) is 0 Å². The Labute approximate surface area is 61.4 Å². The van der Waals surface area contributed by atoms with E-state index in [1.807, 2.05) is 0 Å². The highest BCUT2D eigenvalue weighted by Gasteiger charge is 2.10. The van der Waals surface area contributed by atoms with Gasteiger partial charge in [0.05, 0.1) is 0 Å². The van der Waals surface area contributed by atoms with Gasteiger partial charge in [-0.15, -0.1) is 4.91 Å². The Morgan fingerprint density at radius 3 is 2.64 bits per heavy atom. The maximum absolute atomic E-state index is 10.6. The summed E-state index contributed by atoms with van der Waals surface area (Å²) in [6.45, 7) is 0. The van der Waals surface area contributed by atoms with Gasteiger partial charge in [0.15, 0.2) is 11.5 Å². The maximum atomic E-state index is 10.6. The van der Waals surface area contributed by atoms with Crippen LogP contribution in [0, 0.1) is 4.91 Å². The summed E-state index contributed by atoms with van der Waals surface area (Å²) >= 11 is 0. The molecule has 1 heterocycles. The van der Waals surface area contributed by atoms with E-state index in [4.69, 9.17) is 5.73 Å². The third-order valence-electron chi connectivity index (χ3n) is 1.01. The highest BCUT2D eigenvalue weighted by molar-refractivity contribution is 5.96. The number of hydrogen-bond acceptors (Lipinski definition) is 5. The molecule has 1 aromatic rings. The third-order valence-corrected chi connectivity index (χ3v) is 1.01. The van der Waals surface area contributed by atoms with Crippen molar-refractivity contribution in [1.82, 2.24) is 9.97 Å². The minimum atomic E-state index is -1.00. The van der Waals surface area contributed by atoms with Crippen LogP contribution < -0.4 is 5.73 Å². The molecule has 0 aromatic carbocycles. The Balaban J connectivity index is 3.13. The fourth-order valence-electron chi connectivity index (χ4n) is 0.557. The van der Waals surface area contributed by atoms with Crippen molar-refractivity contribution in [3.63, 3.8) is 0 Å². The molecule has 1 amide bonds. The van der Waals surface area contributed by atoms with Crippen LogP contribution in [0.25, 0.3) is 0 Å². The van der Waals surface area contributed by atoms with Crippen LogP contribution in [-0.2, 0) is 0 Å². The maximum Gasteiger partial charge on any atom is 0.338 e. The third kappa shape index (κ3) is 1.34. The van der Waals surface area contributed by atoms with Crippen LogP contribution in [0.4, 0.5) is 5.82 Å². The van der Waals surface area contributed by atoms with Crippen LogP contribution in [0.3, 0.4) is 0 Å². The number of nitrogen functional groups attached to an aromatic ring is 1. The monoisotopic (exact) mass is 152 g/mol. The Morgan fingerprint density at radius 1 is 1.45 bits per heavy atom. The normalized spacial score (nSPS) is 9.09. The van der Waals surface area contributed by atoms with Crippen molar-refractivity contribution in [2.75, 3.05) is 5.73 Å². The number of carbonyl (C=O) groups is 1. The van der Waals surface area contributed by atoms with Crippen molar-refractivity contribution in [2.45, 2.75) is 0 Å². The van der Waals surface area contributed by atoms with Crippen LogP contribution in [0.2, 0.25) is 0 Å². The van der Waals surface area contributed by atoms with Crippen molar-refractivity contribution in [2.24, 2.45) is 5.18 Å². The van der Waals surface area contributed by atoms with Gasteiger partial charge in [-0.1, -0.05) is 0 Å². The molecule has 0 spiro atoms. The van der Waals surface area contributed by atoms with Gasteiger partial charge in [-0.05, 0) is 0 Å². The fraction of sp³-hybridized carbons (Fsp3) is 0. The first kappa shape index (κ1) is 7.26. The van der Waals surface area contributed by atoms with Gasteiger partial charge in [0, 0.05) is 17.6 Å². The Hall–Kier alpha value is -1.85. The number of carbonyl (C=O) groups excluding carboxylic acids is 1. The summed E-state index contributed by atoms with van der Waals surface area (Å²) in [5.41, 5.74) is 5.00. The summed E-state index contributed by atoms with van der Waals surface area (Å²) in [6.07, 6.45) is 2.58. The molecule has 0 saturated heterocycles. The number of nitroso groups, excluding NO2 is 1. The molecule has 6 nitrogen and oxygen atoms in total. The van der Waals surface area contributed by atoms with Crippen molar-refractivity contribution < 1.29 is 4.79 Å². The van der Waals surface area contributed by atoms with Gasteiger partial charge in [0.1, 0.15) is 0 Å². The summed E-state index contributed by atoms with van der Waals surface area (Å²) in [6, 6.07) is 0. The molecule has 0 aliphatic rings. The molecule has 56 valence electrons. The molecular weight excluding hydrogens is 148 g/mol. The van der Waals surface area contributed by atoms with E-state index in [0.29, 0.717) is 0 Å². The molecule has 0 bridgehead atoms. The van der Waals surface area contributed by atoms with E-state index in [1.54, 1.807) is 0 Å². The molecular formula is C5H4N4O2. The molecule has 6 heteroatoms. The fourth-order valence-corrected chi connectivity index (χ4v) is 0.557. The number of amides is 1. The van der Waals surface area contributed by atoms with Crippen LogP contribution >= 0.6 is 0 Å². The van der Waals surface area contributed by atoms with E-state index in [9.17, 15) is 9.70 Å². The quantitative estimate of drug-likeness (QED) is 0.569. The van der Waals surface area contributed by atoms with Crippen molar-refractivity contribution >= 4 is 11.7 Å². The Bertz CT molecular complexity index is 298. The van der Waals surface area contributed by atoms with Crippen molar-refractivity contribution in [1.29, 1.82) is 0 Å². The van der Waals surface area contributed by atoms with Gasteiger partial charge in [-0.3, -0.25) is 4.79 Å². The zero-order chi connectivity index (χ0) is 8.27. The average Bonchev–Trinajstić information content (AvgIpc) is 2.04. The second-order valence-electron chi connectivity index (χ2n) is 1.69. The minimum Gasteiger partial charge on any atom is -0.382 e. The average molecular weight is 152 g/mol. The molecule has 11 heavy (non-hydrogen) atoms. The number of nitrogens with two attached hydrogens (primary N) is 1.